The maximum atomic E-state index is 10.9. The lowest BCUT2D eigenvalue weighted by Gasteiger charge is -2.26. The Labute approximate surface area is 245 Å². The second-order valence-electron chi connectivity index (χ2n) is 11.0. The van der Waals surface area contributed by atoms with Crippen molar-refractivity contribution >= 4 is 28.6 Å². The molecule has 2 fully saturated rings. The summed E-state index contributed by atoms with van der Waals surface area (Å²) in [6, 6.07) is 16.0. The smallest absolute Gasteiger partial charge is 0.211 e. The van der Waals surface area contributed by atoms with E-state index in [2.05, 4.69) is 36.0 Å². The number of nitrogens with zero attached hydrogens (tertiary/aromatic N) is 6. The molecular weight excluding hydrogens is 528 g/mol. The largest absolute Gasteiger partial charge is 0.492 e. The van der Waals surface area contributed by atoms with Crippen molar-refractivity contribution in [2.24, 2.45) is 0 Å². The van der Waals surface area contributed by atoms with Crippen LogP contribution in [0.1, 0.15) is 41.5 Å². The topological polar surface area (TPSA) is 102 Å². The number of pyridine rings is 2. The number of imidazole rings is 1. The molecule has 0 radical (unpaired) electrons. The first kappa shape index (κ1) is 27.9. The van der Waals surface area contributed by atoms with Crippen molar-refractivity contribution in [3.05, 3.63) is 83.7 Å². The fraction of sp³-hybridized carbons (Fsp3) is 0.375. The van der Waals surface area contributed by atoms with Gasteiger partial charge in [-0.1, -0.05) is 12.1 Å². The molecule has 2 aliphatic rings. The molecule has 1 aliphatic carbocycles. The van der Waals surface area contributed by atoms with Crippen molar-refractivity contribution in [1.82, 2.24) is 34.4 Å². The molecule has 5 heterocycles. The van der Waals surface area contributed by atoms with Gasteiger partial charge in [-0.3, -0.25) is 19.4 Å². The molecule has 42 heavy (non-hydrogen) atoms. The lowest BCUT2D eigenvalue weighted by Crippen LogP contribution is -2.44. The molecule has 0 unspecified atom stereocenters. The van der Waals surface area contributed by atoms with E-state index < -0.39 is 0 Å². The molecule has 1 saturated carbocycles. The molecule has 0 bridgehead atoms. The Morgan fingerprint density at radius 2 is 1.93 bits per heavy atom. The standard InChI is InChI=1S/C18H18N4O.C14H20N4O/c1-12-4-2-5-14(20-12)10-22-16-7-3-6-15(19-11-23)17(16)18(21-22)13-8-9-13;1-12-11-16-14-10-13(2-5-18(12)14)19-9-8-17-6-3-15-4-7-17/h2-7,11,13H,8-10H2,1H3,(H,19,23);2,5,10-11,15H,3-4,6-9H2,1H3. The highest BCUT2D eigenvalue weighted by Gasteiger charge is 2.30. The second kappa shape index (κ2) is 12.7. The zero-order chi connectivity index (χ0) is 28.9. The fourth-order valence-electron chi connectivity index (χ4n) is 5.45. The number of aromatic nitrogens is 5. The Kier molecular flexibility index (Phi) is 8.43. The molecule has 1 aliphatic heterocycles. The molecule has 0 spiro atoms. The van der Waals surface area contributed by atoms with Gasteiger partial charge in [-0.05, 0) is 57.0 Å². The summed E-state index contributed by atoms with van der Waals surface area (Å²) >= 11 is 0. The van der Waals surface area contributed by atoms with Crippen molar-refractivity contribution in [2.45, 2.75) is 39.2 Å². The van der Waals surface area contributed by atoms with E-state index in [0.29, 0.717) is 12.5 Å². The number of benzene rings is 1. The summed E-state index contributed by atoms with van der Waals surface area (Å²) in [7, 11) is 0. The van der Waals surface area contributed by atoms with E-state index in [0.717, 1.165) is 96.5 Å². The maximum Gasteiger partial charge on any atom is 0.211 e. The number of nitrogens with one attached hydrogen (secondary N) is 2. The van der Waals surface area contributed by atoms with Crippen LogP contribution in [0.4, 0.5) is 5.69 Å². The van der Waals surface area contributed by atoms with Gasteiger partial charge in [0.25, 0.3) is 0 Å². The molecular formula is C32H38N8O2. The van der Waals surface area contributed by atoms with Crippen LogP contribution in [0.15, 0.2) is 60.9 Å². The predicted molar refractivity (Wildman–Crippen MR) is 164 cm³/mol. The van der Waals surface area contributed by atoms with Gasteiger partial charge in [-0.25, -0.2) is 4.98 Å². The van der Waals surface area contributed by atoms with Gasteiger partial charge in [-0.2, -0.15) is 5.10 Å². The van der Waals surface area contributed by atoms with Gasteiger partial charge in [0, 0.05) is 73.9 Å². The van der Waals surface area contributed by atoms with Crippen LogP contribution in [0.2, 0.25) is 0 Å². The highest BCUT2D eigenvalue weighted by Crippen LogP contribution is 2.44. The van der Waals surface area contributed by atoms with Gasteiger partial charge >= 0.3 is 0 Å². The summed E-state index contributed by atoms with van der Waals surface area (Å²) in [6.07, 6.45) is 6.96. The maximum absolute atomic E-state index is 10.9. The second-order valence-corrected chi connectivity index (χ2v) is 11.0. The Hall–Kier alpha value is -4.28. The molecule has 5 aromatic rings. The van der Waals surface area contributed by atoms with Crippen LogP contribution in [-0.2, 0) is 11.3 Å². The molecule has 1 aromatic carbocycles. The highest BCUT2D eigenvalue weighted by atomic mass is 16.5. The first-order valence-corrected chi connectivity index (χ1v) is 14.7. The SMILES string of the molecule is Cc1cccc(Cn2nc(C3CC3)c3c(NC=O)cccc32)n1.Cc1cnc2cc(OCCN3CCNCC3)ccn12. The monoisotopic (exact) mass is 566 g/mol. The molecule has 0 atom stereocenters. The van der Waals surface area contributed by atoms with Crippen LogP contribution in [-0.4, -0.2) is 74.8 Å². The quantitative estimate of drug-likeness (QED) is 0.258. The van der Waals surface area contributed by atoms with Crippen LogP contribution >= 0.6 is 0 Å². The van der Waals surface area contributed by atoms with Gasteiger partial charge in [0.05, 0.1) is 29.1 Å². The van der Waals surface area contributed by atoms with Gasteiger partial charge in [-0.15, -0.1) is 0 Å². The Bertz CT molecular complexity index is 1670. The number of aryl methyl sites for hydroxylation is 2. The molecule has 10 heteroatoms. The number of rotatable bonds is 9. The first-order valence-electron chi connectivity index (χ1n) is 14.7. The van der Waals surface area contributed by atoms with E-state index in [9.17, 15) is 4.79 Å². The number of carbonyl (C=O) groups excluding carboxylic acids is 1. The highest BCUT2D eigenvalue weighted by molar-refractivity contribution is 5.98. The van der Waals surface area contributed by atoms with Crippen LogP contribution in [0.3, 0.4) is 0 Å². The van der Waals surface area contributed by atoms with E-state index >= 15 is 0 Å². The van der Waals surface area contributed by atoms with Gasteiger partial charge in [0.15, 0.2) is 0 Å². The summed E-state index contributed by atoms with van der Waals surface area (Å²) in [5, 5.41) is 12.1. The number of anilines is 1. The van der Waals surface area contributed by atoms with E-state index in [4.69, 9.17) is 9.84 Å². The zero-order valence-corrected chi connectivity index (χ0v) is 24.3. The van der Waals surface area contributed by atoms with Crippen LogP contribution in [0, 0.1) is 13.8 Å². The molecule has 218 valence electrons. The minimum atomic E-state index is 0.513. The average molecular weight is 567 g/mol. The normalized spacial score (nSPS) is 15.4. The van der Waals surface area contributed by atoms with Crippen molar-refractivity contribution in [2.75, 3.05) is 44.6 Å². The molecule has 10 nitrogen and oxygen atoms in total. The van der Waals surface area contributed by atoms with E-state index in [1.165, 1.54) is 12.8 Å². The summed E-state index contributed by atoms with van der Waals surface area (Å²) in [5.74, 6) is 1.41. The third-order valence-electron chi connectivity index (χ3n) is 7.80. The fourth-order valence-corrected chi connectivity index (χ4v) is 5.45. The Morgan fingerprint density at radius 3 is 2.71 bits per heavy atom. The van der Waals surface area contributed by atoms with Crippen molar-refractivity contribution in [1.29, 1.82) is 0 Å². The number of hydrogen-bond donors (Lipinski definition) is 2. The third kappa shape index (κ3) is 6.45. The molecule has 7 rings (SSSR count). The Morgan fingerprint density at radius 1 is 1.10 bits per heavy atom. The summed E-state index contributed by atoms with van der Waals surface area (Å²) in [5.41, 5.74) is 7.05. The van der Waals surface area contributed by atoms with Crippen LogP contribution in [0.25, 0.3) is 16.6 Å². The van der Waals surface area contributed by atoms with E-state index in [1.54, 1.807) is 0 Å². The lowest BCUT2D eigenvalue weighted by atomic mass is 10.1. The van der Waals surface area contributed by atoms with Crippen molar-refractivity contribution < 1.29 is 9.53 Å². The summed E-state index contributed by atoms with van der Waals surface area (Å²) in [6.45, 7) is 10.8. The number of hydrogen-bond acceptors (Lipinski definition) is 7. The number of amides is 1. The molecule has 2 N–H and O–H groups in total. The van der Waals surface area contributed by atoms with E-state index in [1.807, 2.05) is 73.4 Å². The van der Waals surface area contributed by atoms with E-state index in [-0.39, 0.29) is 0 Å². The van der Waals surface area contributed by atoms with Gasteiger partial charge in [0.1, 0.15) is 18.0 Å². The van der Waals surface area contributed by atoms with Gasteiger partial charge < -0.3 is 19.8 Å². The Balaban J connectivity index is 0.000000153. The number of carbonyl (C=O) groups is 1. The zero-order valence-electron chi connectivity index (χ0n) is 24.3. The number of piperazine rings is 1. The average Bonchev–Trinajstić information content (AvgIpc) is 3.70. The minimum Gasteiger partial charge on any atom is -0.492 e. The van der Waals surface area contributed by atoms with Crippen molar-refractivity contribution in [3.8, 4) is 5.75 Å². The number of ether oxygens (including phenoxy) is 1. The van der Waals surface area contributed by atoms with Crippen molar-refractivity contribution in [3.63, 3.8) is 0 Å². The third-order valence-corrected chi connectivity index (χ3v) is 7.80. The molecule has 4 aromatic heterocycles. The summed E-state index contributed by atoms with van der Waals surface area (Å²) in [4.78, 5) is 22.2. The molecule has 1 saturated heterocycles. The summed E-state index contributed by atoms with van der Waals surface area (Å²) < 4.78 is 9.87. The van der Waals surface area contributed by atoms with Crippen LogP contribution < -0.4 is 15.4 Å². The molecule has 1 amide bonds. The first-order chi connectivity index (χ1) is 20.6. The minimum absolute atomic E-state index is 0.513. The van der Waals surface area contributed by atoms with Gasteiger partial charge in [0.2, 0.25) is 6.41 Å². The van der Waals surface area contributed by atoms with Crippen LogP contribution in [0.5, 0.6) is 5.75 Å². The number of fused-ring (bicyclic) bond motifs is 2. The predicted octanol–water partition coefficient (Wildman–Crippen LogP) is 4.16. The lowest BCUT2D eigenvalue weighted by molar-refractivity contribution is -0.105.